The lowest BCUT2D eigenvalue weighted by Crippen LogP contribution is -2.69. The highest BCUT2D eigenvalue weighted by Crippen LogP contribution is 2.51. The SMILES string of the molecule is C=C(C)C(=O)OCC1COC(C)(C(F)(F)F)C(F)(F)C1OC(C)=O. The Morgan fingerprint density at radius 1 is 1.29 bits per heavy atom. The lowest BCUT2D eigenvalue weighted by atomic mass is 9.83. The topological polar surface area (TPSA) is 61.8 Å². The number of halogens is 5. The van der Waals surface area contributed by atoms with E-state index in [9.17, 15) is 31.5 Å². The first kappa shape index (κ1) is 20.3. The van der Waals surface area contributed by atoms with Crippen LogP contribution in [0, 0.1) is 5.92 Å². The Kier molecular flexibility index (Phi) is 5.64. The van der Waals surface area contributed by atoms with Gasteiger partial charge in [0, 0.05) is 12.5 Å². The van der Waals surface area contributed by atoms with E-state index in [1.165, 1.54) is 6.92 Å². The average Bonchev–Trinajstić information content (AvgIpc) is 2.41. The molecule has 1 rings (SSSR count). The number of esters is 2. The standard InChI is InChI=1S/C14H17F5O5/c1-7(2)11(21)22-5-9-6-23-12(4,14(17,18)19)13(15,16)10(9)24-8(3)20/h9-10H,1,5-6H2,2-4H3. The molecule has 1 aliphatic rings. The number of hydrogen-bond acceptors (Lipinski definition) is 5. The molecule has 0 amide bonds. The van der Waals surface area contributed by atoms with Crippen LogP contribution in [0.4, 0.5) is 22.0 Å². The lowest BCUT2D eigenvalue weighted by Gasteiger charge is -2.48. The Morgan fingerprint density at radius 3 is 2.25 bits per heavy atom. The summed E-state index contributed by atoms with van der Waals surface area (Å²) in [7, 11) is 0. The molecule has 138 valence electrons. The van der Waals surface area contributed by atoms with Crippen LogP contribution in [0.3, 0.4) is 0 Å². The molecule has 1 fully saturated rings. The van der Waals surface area contributed by atoms with Crippen molar-refractivity contribution in [1.82, 2.24) is 0 Å². The average molecular weight is 360 g/mol. The van der Waals surface area contributed by atoms with E-state index in [-0.39, 0.29) is 12.5 Å². The molecule has 1 saturated heterocycles. The molecule has 0 aromatic rings. The monoisotopic (exact) mass is 360 g/mol. The molecular weight excluding hydrogens is 343 g/mol. The van der Waals surface area contributed by atoms with Crippen molar-refractivity contribution in [2.45, 2.75) is 44.6 Å². The summed E-state index contributed by atoms with van der Waals surface area (Å²) in [6.07, 6.45) is -7.87. The fourth-order valence-electron chi connectivity index (χ4n) is 2.09. The number of carbonyl (C=O) groups is 2. The Bertz CT molecular complexity index is 530. The molecule has 3 atom stereocenters. The number of rotatable bonds is 4. The second-order valence-corrected chi connectivity index (χ2v) is 5.63. The van der Waals surface area contributed by atoms with Gasteiger partial charge in [0.05, 0.1) is 12.5 Å². The van der Waals surface area contributed by atoms with Crippen LogP contribution in [-0.2, 0) is 23.8 Å². The van der Waals surface area contributed by atoms with Crippen molar-refractivity contribution in [1.29, 1.82) is 0 Å². The Balaban J connectivity index is 3.11. The third-order valence-corrected chi connectivity index (χ3v) is 3.62. The largest absolute Gasteiger partial charge is 0.462 e. The zero-order valence-electron chi connectivity index (χ0n) is 13.2. The molecule has 3 unspecified atom stereocenters. The second kappa shape index (κ2) is 6.66. The van der Waals surface area contributed by atoms with Gasteiger partial charge < -0.3 is 14.2 Å². The Labute approximate surface area is 134 Å². The van der Waals surface area contributed by atoms with Crippen LogP contribution in [0.5, 0.6) is 0 Å². The molecule has 0 aromatic heterocycles. The molecule has 0 radical (unpaired) electrons. The third kappa shape index (κ3) is 3.68. The predicted molar refractivity (Wildman–Crippen MR) is 70.2 cm³/mol. The van der Waals surface area contributed by atoms with E-state index in [1.54, 1.807) is 0 Å². The van der Waals surface area contributed by atoms with Crippen molar-refractivity contribution < 1.29 is 45.8 Å². The summed E-state index contributed by atoms with van der Waals surface area (Å²) in [5, 5.41) is 0. The van der Waals surface area contributed by atoms with Gasteiger partial charge in [0.25, 0.3) is 0 Å². The van der Waals surface area contributed by atoms with Gasteiger partial charge >= 0.3 is 24.0 Å². The molecule has 24 heavy (non-hydrogen) atoms. The first-order valence-electron chi connectivity index (χ1n) is 6.82. The lowest BCUT2D eigenvalue weighted by molar-refractivity contribution is -0.385. The van der Waals surface area contributed by atoms with Crippen molar-refractivity contribution in [3.8, 4) is 0 Å². The highest BCUT2D eigenvalue weighted by molar-refractivity contribution is 5.86. The first-order valence-corrected chi connectivity index (χ1v) is 6.82. The van der Waals surface area contributed by atoms with Crippen molar-refractivity contribution in [3.05, 3.63) is 12.2 Å². The second-order valence-electron chi connectivity index (χ2n) is 5.63. The number of hydrogen-bond donors (Lipinski definition) is 0. The molecule has 1 heterocycles. The van der Waals surface area contributed by atoms with Gasteiger partial charge in [-0.25, -0.2) is 4.79 Å². The van der Waals surface area contributed by atoms with E-state index >= 15 is 0 Å². The molecule has 1 aliphatic heterocycles. The van der Waals surface area contributed by atoms with E-state index in [0.717, 1.165) is 6.92 Å². The minimum absolute atomic E-state index is 0.0253. The molecule has 0 aromatic carbocycles. The first-order chi connectivity index (χ1) is 10.7. The minimum Gasteiger partial charge on any atom is -0.462 e. The summed E-state index contributed by atoms with van der Waals surface area (Å²) < 4.78 is 81.4. The summed E-state index contributed by atoms with van der Waals surface area (Å²) in [5.74, 6) is -8.16. The maximum atomic E-state index is 14.4. The van der Waals surface area contributed by atoms with Crippen LogP contribution < -0.4 is 0 Å². The molecule has 0 saturated carbocycles. The molecule has 10 heteroatoms. The minimum atomic E-state index is -5.41. The van der Waals surface area contributed by atoms with E-state index in [0.29, 0.717) is 0 Å². The molecule has 0 aliphatic carbocycles. The van der Waals surface area contributed by atoms with Crippen LogP contribution in [0.15, 0.2) is 12.2 Å². The van der Waals surface area contributed by atoms with Gasteiger partial charge in [-0.15, -0.1) is 0 Å². The van der Waals surface area contributed by atoms with Gasteiger partial charge in [-0.2, -0.15) is 22.0 Å². The molecule has 0 spiro atoms. The number of alkyl halides is 5. The van der Waals surface area contributed by atoms with Crippen LogP contribution >= 0.6 is 0 Å². The van der Waals surface area contributed by atoms with Gasteiger partial charge in [-0.05, 0) is 13.8 Å². The maximum Gasteiger partial charge on any atom is 0.423 e. The number of ether oxygens (including phenoxy) is 3. The van der Waals surface area contributed by atoms with E-state index < -0.39 is 54.9 Å². The van der Waals surface area contributed by atoms with Gasteiger partial charge in [0.15, 0.2) is 6.10 Å². The Morgan fingerprint density at radius 2 is 1.83 bits per heavy atom. The highest BCUT2D eigenvalue weighted by Gasteiger charge is 2.74. The molecule has 5 nitrogen and oxygen atoms in total. The van der Waals surface area contributed by atoms with E-state index in [1.807, 2.05) is 0 Å². The summed E-state index contributed by atoms with van der Waals surface area (Å²) in [6, 6.07) is 0. The van der Waals surface area contributed by atoms with Crippen molar-refractivity contribution in [3.63, 3.8) is 0 Å². The molecule has 0 bridgehead atoms. The van der Waals surface area contributed by atoms with Gasteiger partial charge in [-0.1, -0.05) is 6.58 Å². The van der Waals surface area contributed by atoms with Crippen molar-refractivity contribution in [2.24, 2.45) is 5.92 Å². The quantitative estimate of drug-likeness (QED) is 0.438. The van der Waals surface area contributed by atoms with Crippen molar-refractivity contribution in [2.75, 3.05) is 13.2 Å². The highest BCUT2D eigenvalue weighted by atomic mass is 19.4. The van der Waals surface area contributed by atoms with Gasteiger partial charge in [-0.3, -0.25) is 4.79 Å². The van der Waals surface area contributed by atoms with E-state index in [2.05, 4.69) is 20.8 Å². The summed E-state index contributed by atoms with van der Waals surface area (Å²) in [6.45, 7) is 4.00. The van der Waals surface area contributed by atoms with Gasteiger partial charge in [0.1, 0.15) is 6.61 Å². The van der Waals surface area contributed by atoms with Crippen LogP contribution in [0.25, 0.3) is 0 Å². The zero-order valence-corrected chi connectivity index (χ0v) is 13.2. The molecule has 0 N–H and O–H groups in total. The summed E-state index contributed by atoms with van der Waals surface area (Å²) in [5.41, 5.74) is -3.86. The van der Waals surface area contributed by atoms with Gasteiger partial charge in [0.2, 0.25) is 5.60 Å². The third-order valence-electron chi connectivity index (χ3n) is 3.62. The number of carbonyl (C=O) groups excluding carboxylic acids is 2. The van der Waals surface area contributed by atoms with E-state index in [4.69, 9.17) is 0 Å². The maximum absolute atomic E-state index is 14.4. The fourth-order valence-corrected chi connectivity index (χ4v) is 2.09. The van der Waals surface area contributed by atoms with Crippen LogP contribution in [0.1, 0.15) is 20.8 Å². The predicted octanol–water partition coefficient (Wildman–Crippen LogP) is 2.64. The Hall–Kier alpha value is -1.71. The zero-order chi connectivity index (χ0) is 18.9. The van der Waals surface area contributed by atoms with Crippen molar-refractivity contribution >= 4 is 11.9 Å². The summed E-state index contributed by atoms with van der Waals surface area (Å²) in [4.78, 5) is 22.4. The molecular formula is C14H17F5O5. The summed E-state index contributed by atoms with van der Waals surface area (Å²) >= 11 is 0. The smallest absolute Gasteiger partial charge is 0.423 e. The normalized spacial score (nSPS) is 29.7. The van der Waals surface area contributed by atoms with Crippen LogP contribution in [-0.4, -0.2) is 49.0 Å². The van der Waals surface area contributed by atoms with Crippen LogP contribution in [0.2, 0.25) is 0 Å². The fraction of sp³-hybridized carbons (Fsp3) is 0.714.